The van der Waals surface area contributed by atoms with E-state index in [1.807, 2.05) is 59.7 Å². The molecule has 1 aromatic heterocycles. The number of carbonyl (C=O) groups excluding carboxylic acids is 4. The summed E-state index contributed by atoms with van der Waals surface area (Å²) >= 11 is 0. The largest absolute Gasteiger partial charge is 0.457 e. The van der Waals surface area contributed by atoms with Crippen LogP contribution in [0, 0.1) is 17.7 Å². The lowest BCUT2D eigenvalue weighted by Crippen LogP contribution is -2.53. The van der Waals surface area contributed by atoms with Crippen molar-refractivity contribution in [2.24, 2.45) is 22.6 Å². The first kappa shape index (κ1) is 44.1. The summed E-state index contributed by atoms with van der Waals surface area (Å²) in [4.78, 5) is 67.9. The van der Waals surface area contributed by atoms with Crippen LogP contribution in [0.4, 0.5) is 14.0 Å². The van der Waals surface area contributed by atoms with E-state index in [4.69, 9.17) is 29.9 Å². The Morgan fingerprint density at radius 1 is 0.917 bits per heavy atom. The zero-order chi connectivity index (χ0) is 43.5. The van der Waals surface area contributed by atoms with Gasteiger partial charge in [0.1, 0.15) is 35.2 Å². The highest BCUT2D eigenvalue weighted by molar-refractivity contribution is 6.03. The average molecular weight is 831 g/mol. The lowest BCUT2D eigenvalue weighted by molar-refractivity contribution is -0.138. The van der Waals surface area contributed by atoms with E-state index in [2.05, 4.69) is 15.6 Å². The molecule has 60 heavy (non-hydrogen) atoms. The van der Waals surface area contributed by atoms with Crippen LogP contribution < -0.4 is 21.1 Å². The van der Waals surface area contributed by atoms with Crippen LogP contribution in [0.5, 0.6) is 11.5 Å². The summed E-state index contributed by atoms with van der Waals surface area (Å²) < 4.78 is 32.2. The first-order valence-electron chi connectivity index (χ1n) is 20.8. The van der Waals surface area contributed by atoms with E-state index in [9.17, 15) is 19.2 Å². The molecule has 2 saturated heterocycles. The molecule has 0 bridgehead atoms. The lowest BCUT2D eigenvalue weighted by Gasteiger charge is -2.37. The number of rotatable bonds is 12. The van der Waals surface area contributed by atoms with Gasteiger partial charge in [0.25, 0.3) is 0 Å². The number of amides is 4. The number of nitrogens with two attached hydrogens (primary N) is 1. The number of piperidine rings is 1. The Kier molecular flexibility index (Phi) is 13.5. The van der Waals surface area contributed by atoms with Gasteiger partial charge in [-0.3, -0.25) is 14.6 Å². The predicted molar refractivity (Wildman–Crippen MR) is 224 cm³/mol. The van der Waals surface area contributed by atoms with Crippen LogP contribution in [0.2, 0.25) is 0 Å². The molecule has 5 N–H and O–H groups in total. The van der Waals surface area contributed by atoms with Crippen molar-refractivity contribution in [3.05, 3.63) is 64.9 Å². The maximum atomic E-state index is 16.2. The predicted octanol–water partition coefficient (Wildman–Crippen LogP) is 6.20. The maximum Gasteiger partial charge on any atom is 0.407 e. The number of hydrogen-bond acceptors (Lipinski definition) is 10. The van der Waals surface area contributed by atoms with Gasteiger partial charge < -0.3 is 45.4 Å². The summed E-state index contributed by atoms with van der Waals surface area (Å²) in [5.74, 6) is 0.601. The van der Waals surface area contributed by atoms with E-state index in [0.717, 1.165) is 42.5 Å². The Morgan fingerprint density at radius 3 is 2.18 bits per heavy atom. The molecular formula is C44H59FN8O7. The fraction of sp³-hybridized carbons (Fsp3) is 0.545. The molecule has 6 rings (SSSR count). The van der Waals surface area contributed by atoms with E-state index in [0.29, 0.717) is 48.1 Å². The number of nitrogens with one attached hydrogen (secondary N) is 3. The first-order valence-corrected chi connectivity index (χ1v) is 20.8. The molecule has 0 saturated carbocycles. The van der Waals surface area contributed by atoms with E-state index < -0.39 is 35.5 Å². The van der Waals surface area contributed by atoms with Crippen LogP contribution in [-0.4, -0.2) is 108 Å². The second-order valence-electron chi connectivity index (χ2n) is 17.0. The summed E-state index contributed by atoms with van der Waals surface area (Å²) in [5, 5.41) is 5.36. The molecule has 3 aliphatic heterocycles. The van der Waals surface area contributed by atoms with Crippen molar-refractivity contribution >= 4 is 29.7 Å². The molecule has 4 atom stereocenters. The summed E-state index contributed by atoms with van der Waals surface area (Å²) in [6.07, 6.45) is 4.43. The standard InChI is InChI=1S/C44H59FN8O7/c1-24(2)37(50-42(56)58-7)40(54)52-17-11-12-27(52)22-47-32(21-46)28-19-36-30(20-31(28)45)44(5,6)29-18-26(14-15-35(29)60-36)33-23-48-39(49-33)34-13-9-10-16-53(34)41(55)38(25(3)4)51-43(57)59-8/h14-15,18-20,23-25,27,34,37-38H,9-13,16-17,21-22,46H2,1-8H3,(H,48,49)(H,50,56)(H,51,57). The Balaban J connectivity index is 1.21. The zero-order valence-electron chi connectivity index (χ0n) is 35.9. The zero-order valence-corrected chi connectivity index (χ0v) is 35.9. The number of halogens is 1. The fourth-order valence-electron chi connectivity index (χ4n) is 8.57. The van der Waals surface area contributed by atoms with Crippen molar-refractivity contribution in [1.29, 1.82) is 0 Å². The van der Waals surface area contributed by atoms with Crippen LogP contribution >= 0.6 is 0 Å². The van der Waals surface area contributed by atoms with Gasteiger partial charge in [-0.05, 0) is 74.3 Å². The van der Waals surface area contributed by atoms with Crippen molar-refractivity contribution in [2.45, 2.75) is 103 Å². The van der Waals surface area contributed by atoms with Crippen LogP contribution in [0.15, 0.2) is 41.5 Å². The number of nitrogens with zero attached hydrogens (tertiary/aromatic N) is 4. The number of imidazole rings is 1. The Bertz CT molecular complexity index is 2120. The van der Waals surface area contributed by atoms with Gasteiger partial charge in [-0.15, -0.1) is 0 Å². The molecule has 3 aliphatic rings. The third kappa shape index (κ3) is 8.98. The second-order valence-corrected chi connectivity index (χ2v) is 17.0. The highest BCUT2D eigenvalue weighted by Crippen LogP contribution is 2.49. The summed E-state index contributed by atoms with van der Waals surface area (Å²) in [5.41, 5.74) is 9.24. The normalized spacial score (nSPS) is 19.6. The smallest absolute Gasteiger partial charge is 0.407 e. The number of aromatic nitrogens is 2. The maximum absolute atomic E-state index is 16.2. The summed E-state index contributed by atoms with van der Waals surface area (Å²) in [7, 11) is 2.53. The highest BCUT2D eigenvalue weighted by atomic mass is 19.1. The van der Waals surface area contributed by atoms with Crippen LogP contribution in [0.25, 0.3) is 11.3 Å². The number of fused-ring (bicyclic) bond motifs is 2. The van der Waals surface area contributed by atoms with Crippen LogP contribution in [0.1, 0.15) is 102 Å². The van der Waals surface area contributed by atoms with E-state index in [1.165, 1.54) is 20.3 Å². The minimum Gasteiger partial charge on any atom is -0.457 e. The van der Waals surface area contributed by atoms with Gasteiger partial charge in [0.2, 0.25) is 11.8 Å². The van der Waals surface area contributed by atoms with Gasteiger partial charge in [0, 0.05) is 47.3 Å². The third-order valence-corrected chi connectivity index (χ3v) is 12.1. The molecule has 0 aliphatic carbocycles. The van der Waals surface area contributed by atoms with Gasteiger partial charge in [0.05, 0.1) is 50.5 Å². The number of benzene rings is 2. The highest BCUT2D eigenvalue weighted by Gasteiger charge is 2.39. The third-order valence-electron chi connectivity index (χ3n) is 12.1. The minimum absolute atomic E-state index is 0.0279. The molecule has 0 radical (unpaired) electrons. The van der Waals surface area contributed by atoms with Gasteiger partial charge in [-0.2, -0.15) is 0 Å². The van der Waals surface area contributed by atoms with Gasteiger partial charge in [0.15, 0.2) is 0 Å². The number of aliphatic imine (C=N–C) groups is 1. The number of hydrogen-bond donors (Lipinski definition) is 4. The van der Waals surface area contributed by atoms with Gasteiger partial charge in [-0.25, -0.2) is 19.0 Å². The lowest BCUT2D eigenvalue weighted by atomic mass is 9.74. The second kappa shape index (κ2) is 18.4. The molecule has 15 nitrogen and oxygen atoms in total. The molecule has 0 spiro atoms. The van der Waals surface area contributed by atoms with Crippen molar-refractivity contribution < 1.29 is 37.8 Å². The monoisotopic (exact) mass is 830 g/mol. The number of methoxy groups -OCH3 is 2. The molecule has 4 unspecified atom stereocenters. The molecular weight excluding hydrogens is 772 g/mol. The topological polar surface area (TPSA) is 194 Å². The molecule has 2 fully saturated rings. The Labute approximate surface area is 351 Å². The van der Waals surface area contributed by atoms with E-state index in [-0.39, 0.29) is 54.4 Å². The molecule has 2 aromatic carbocycles. The van der Waals surface area contributed by atoms with Crippen molar-refractivity contribution in [3.63, 3.8) is 0 Å². The minimum atomic E-state index is -0.753. The number of aromatic amines is 1. The first-order chi connectivity index (χ1) is 28.6. The number of alkyl carbamates (subject to hydrolysis) is 2. The van der Waals surface area contributed by atoms with E-state index in [1.54, 1.807) is 22.1 Å². The van der Waals surface area contributed by atoms with Gasteiger partial charge in [-0.1, -0.05) is 41.5 Å². The number of likely N-dealkylation sites (tertiary alicyclic amines) is 2. The molecule has 4 heterocycles. The molecule has 324 valence electrons. The molecule has 4 amide bonds. The van der Waals surface area contributed by atoms with Crippen LogP contribution in [0.3, 0.4) is 0 Å². The molecule has 3 aromatic rings. The summed E-state index contributed by atoms with van der Waals surface area (Å²) in [6, 6.07) is 6.97. The van der Waals surface area contributed by atoms with Crippen molar-refractivity contribution in [2.75, 3.05) is 40.4 Å². The number of ether oxygens (including phenoxy) is 3. The van der Waals surface area contributed by atoms with Crippen LogP contribution in [-0.2, 0) is 24.5 Å². The SMILES string of the molecule is COC(=O)NC(C(=O)N1CCCC1CN=C(CN)c1cc2c(cc1F)C(C)(C)c1cc(-c3cnc(C4CCCCN4C(=O)C(NC(=O)OC)C(C)C)[nH]3)ccc1O2)C(C)C. The average Bonchev–Trinajstić information content (AvgIpc) is 3.92. The van der Waals surface area contributed by atoms with Crippen molar-refractivity contribution in [3.8, 4) is 22.8 Å². The summed E-state index contributed by atoms with van der Waals surface area (Å²) in [6.45, 7) is 12.8. The number of carbonyl (C=O) groups is 4. The number of H-pyrrole nitrogens is 1. The fourth-order valence-corrected chi connectivity index (χ4v) is 8.57. The van der Waals surface area contributed by atoms with E-state index >= 15 is 4.39 Å². The Hall–Kier alpha value is -5.51. The van der Waals surface area contributed by atoms with Gasteiger partial charge >= 0.3 is 12.2 Å². The van der Waals surface area contributed by atoms with Crippen molar-refractivity contribution in [1.82, 2.24) is 30.4 Å². The molecule has 16 heteroatoms. The Morgan fingerprint density at radius 2 is 1.55 bits per heavy atom. The quantitative estimate of drug-likeness (QED) is 0.154.